The predicted molar refractivity (Wildman–Crippen MR) is 90.7 cm³/mol. The van der Waals surface area contributed by atoms with E-state index in [1.54, 1.807) is 0 Å². The van der Waals surface area contributed by atoms with E-state index < -0.39 is 5.60 Å². The van der Waals surface area contributed by atoms with E-state index in [0.29, 0.717) is 0 Å². The van der Waals surface area contributed by atoms with Gasteiger partial charge in [0.25, 0.3) is 0 Å². The van der Waals surface area contributed by atoms with Gasteiger partial charge in [-0.2, -0.15) is 0 Å². The van der Waals surface area contributed by atoms with Gasteiger partial charge in [-0.25, -0.2) is 0 Å². The Morgan fingerprint density at radius 1 is 0.818 bits per heavy atom. The lowest BCUT2D eigenvalue weighted by atomic mass is 9.71. The Hall–Kier alpha value is -1.64. The number of rotatable bonds is 3. The van der Waals surface area contributed by atoms with Crippen LogP contribution >= 0.6 is 0 Å². The third kappa shape index (κ3) is 2.57. The topological polar surface area (TPSA) is 23.5 Å². The SMILES string of the molecule is CC(C)(C)N1CC(C(O)(c2ccccc2)c2ccccc2)C1. The minimum atomic E-state index is -0.912. The summed E-state index contributed by atoms with van der Waals surface area (Å²) in [6, 6.07) is 20.1. The molecule has 1 N–H and O–H groups in total. The molecule has 22 heavy (non-hydrogen) atoms. The number of likely N-dealkylation sites (tertiary alicyclic amines) is 1. The second-order valence-corrected chi connectivity index (χ2v) is 7.27. The molecule has 0 unspecified atom stereocenters. The number of benzene rings is 2. The maximum absolute atomic E-state index is 11.6. The van der Waals surface area contributed by atoms with Gasteiger partial charge in [0.05, 0.1) is 0 Å². The molecule has 1 saturated heterocycles. The highest BCUT2D eigenvalue weighted by molar-refractivity contribution is 5.38. The van der Waals surface area contributed by atoms with E-state index in [1.165, 1.54) is 0 Å². The number of nitrogens with zero attached hydrogens (tertiary/aromatic N) is 1. The van der Waals surface area contributed by atoms with Gasteiger partial charge in [-0.3, -0.25) is 4.90 Å². The third-order valence-electron chi connectivity index (χ3n) is 4.85. The summed E-state index contributed by atoms with van der Waals surface area (Å²) in [4.78, 5) is 2.43. The van der Waals surface area contributed by atoms with Crippen molar-refractivity contribution >= 4 is 0 Å². The van der Waals surface area contributed by atoms with Crippen LogP contribution in [0, 0.1) is 5.92 Å². The number of aliphatic hydroxyl groups is 1. The molecule has 3 rings (SSSR count). The first-order chi connectivity index (χ1) is 10.4. The predicted octanol–water partition coefficient (Wildman–Crippen LogP) is 3.65. The molecule has 1 aliphatic heterocycles. The fourth-order valence-electron chi connectivity index (χ4n) is 3.31. The van der Waals surface area contributed by atoms with E-state index in [-0.39, 0.29) is 11.5 Å². The van der Waals surface area contributed by atoms with Crippen molar-refractivity contribution in [3.63, 3.8) is 0 Å². The van der Waals surface area contributed by atoms with Crippen LogP contribution in [-0.4, -0.2) is 28.6 Å². The molecule has 2 nitrogen and oxygen atoms in total. The standard InChI is InChI=1S/C20H25NO/c1-19(2,3)21-14-18(15-21)20(22,16-10-6-4-7-11-16)17-12-8-5-9-13-17/h4-13,18,22H,14-15H2,1-3H3. The molecule has 0 atom stereocenters. The maximum atomic E-state index is 11.6. The summed E-state index contributed by atoms with van der Waals surface area (Å²) in [7, 11) is 0. The van der Waals surface area contributed by atoms with Crippen molar-refractivity contribution in [2.75, 3.05) is 13.1 Å². The average Bonchev–Trinajstić information content (AvgIpc) is 2.46. The zero-order chi connectivity index (χ0) is 15.8. The van der Waals surface area contributed by atoms with Crippen LogP contribution in [0.25, 0.3) is 0 Å². The zero-order valence-electron chi connectivity index (χ0n) is 13.7. The Morgan fingerprint density at radius 2 is 1.23 bits per heavy atom. The van der Waals surface area contributed by atoms with Crippen LogP contribution in [0.4, 0.5) is 0 Å². The molecule has 1 fully saturated rings. The summed E-state index contributed by atoms with van der Waals surface area (Å²) in [6.45, 7) is 8.53. The van der Waals surface area contributed by atoms with Crippen LogP contribution in [0.15, 0.2) is 60.7 Å². The third-order valence-corrected chi connectivity index (χ3v) is 4.85. The largest absolute Gasteiger partial charge is 0.380 e. The maximum Gasteiger partial charge on any atom is 0.120 e. The smallest absolute Gasteiger partial charge is 0.120 e. The van der Waals surface area contributed by atoms with E-state index in [4.69, 9.17) is 0 Å². The van der Waals surface area contributed by atoms with Crippen LogP contribution in [0.5, 0.6) is 0 Å². The van der Waals surface area contributed by atoms with Crippen LogP contribution < -0.4 is 0 Å². The van der Waals surface area contributed by atoms with Crippen molar-refractivity contribution < 1.29 is 5.11 Å². The highest BCUT2D eigenvalue weighted by Gasteiger charge is 2.48. The molecule has 0 radical (unpaired) electrons. The molecule has 0 bridgehead atoms. The quantitative estimate of drug-likeness (QED) is 0.934. The highest BCUT2D eigenvalue weighted by Crippen LogP contribution is 2.43. The molecule has 0 amide bonds. The van der Waals surface area contributed by atoms with Gasteiger partial charge in [0.2, 0.25) is 0 Å². The minimum absolute atomic E-state index is 0.158. The molecule has 2 aromatic carbocycles. The Balaban J connectivity index is 1.96. The minimum Gasteiger partial charge on any atom is -0.380 e. The van der Waals surface area contributed by atoms with Crippen molar-refractivity contribution in [3.05, 3.63) is 71.8 Å². The Morgan fingerprint density at radius 3 is 1.59 bits per heavy atom. The van der Waals surface area contributed by atoms with E-state index in [9.17, 15) is 5.11 Å². The molecule has 2 heteroatoms. The van der Waals surface area contributed by atoms with Gasteiger partial charge in [0, 0.05) is 24.5 Å². The summed E-state index contributed by atoms with van der Waals surface area (Å²) >= 11 is 0. The second kappa shape index (κ2) is 5.53. The summed E-state index contributed by atoms with van der Waals surface area (Å²) in [6.07, 6.45) is 0. The van der Waals surface area contributed by atoms with Crippen molar-refractivity contribution in [2.24, 2.45) is 5.92 Å². The fourth-order valence-corrected chi connectivity index (χ4v) is 3.31. The Bertz CT molecular complexity index is 570. The monoisotopic (exact) mass is 295 g/mol. The lowest BCUT2D eigenvalue weighted by Gasteiger charge is -2.53. The Labute approximate surface area is 133 Å². The lowest BCUT2D eigenvalue weighted by molar-refractivity contribution is -0.0934. The van der Waals surface area contributed by atoms with Crippen LogP contribution in [0.3, 0.4) is 0 Å². The van der Waals surface area contributed by atoms with Crippen molar-refractivity contribution in [2.45, 2.75) is 31.9 Å². The molecule has 0 saturated carbocycles. The molecular weight excluding hydrogens is 270 g/mol. The van der Waals surface area contributed by atoms with E-state index in [2.05, 4.69) is 25.7 Å². The summed E-state index contributed by atoms with van der Waals surface area (Å²) < 4.78 is 0. The molecule has 0 aliphatic carbocycles. The Kier molecular flexibility index (Phi) is 3.84. The van der Waals surface area contributed by atoms with Gasteiger partial charge in [0.1, 0.15) is 5.60 Å². The van der Waals surface area contributed by atoms with Crippen molar-refractivity contribution in [1.82, 2.24) is 4.90 Å². The second-order valence-electron chi connectivity index (χ2n) is 7.27. The first-order valence-corrected chi connectivity index (χ1v) is 8.01. The molecular formula is C20H25NO. The van der Waals surface area contributed by atoms with Crippen LogP contribution in [0.2, 0.25) is 0 Å². The van der Waals surface area contributed by atoms with Gasteiger partial charge < -0.3 is 5.11 Å². The van der Waals surface area contributed by atoms with Gasteiger partial charge in [-0.15, -0.1) is 0 Å². The van der Waals surface area contributed by atoms with Gasteiger partial charge in [0.15, 0.2) is 0 Å². The van der Waals surface area contributed by atoms with E-state index in [1.807, 2.05) is 60.7 Å². The summed E-state index contributed by atoms with van der Waals surface area (Å²) in [5.41, 5.74) is 1.22. The van der Waals surface area contributed by atoms with E-state index >= 15 is 0 Å². The molecule has 0 spiro atoms. The van der Waals surface area contributed by atoms with Gasteiger partial charge >= 0.3 is 0 Å². The summed E-state index contributed by atoms with van der Waals surface area (Å²) in [5, 5.41) is 11.6. The normalized spacial score (nSPS) is 17.3. The lowest BCUT2D eigenvalue weighted by Crippen LogP contribution is -2.62. The van der Waals surface area contributed by atoms with Crippen molar-refractivity contribution in [1.29, 1.82) is 0 Å². The van der Waals surface area contributed by atoms with E-state index in [0.717, 1.165) is 24.2 Å². The van der Waals surface area contributed by atoms with Gasteiger partial charge in [-0.1, -0.05) is 60.7 Å². The van der Waals surface area contributed by atoms with Crippen molar-refractivity contribution in [3.8, 4) is 0 Å². The van der Waals surface area contributed by atoms with Crippen LogP contribution in [0.1, 0.15) is 31.9 Å². The van der Waals surface area contributed by atoms with Crippen LogP contribution in [-0.2, 0) is 5.60 Å². The van der Waals surface area contributed by atoms with Gasteiger partial charge in [-0.05, 0) is 31.9 Å². The molecule has 1 heterocycles. The fraction of sp³-hybridized carbons (Fsp3) is 0.400. The number of hydrogen-bond donors (Lipinski definition) is 1. The first-order valence-electron chi connectivity index (χ1n) is 8.01. The summed E-state index contributed by atoms with van der Waals surface area (Å²) in [5.74, 6) is 0.219. The average molecular weight is 295 g/mol. The zero-order valence-corrected chi connectivity index (χ0v) is 13.7. The molecule has 1 aliphatic rings. The highest BCUT2D eigenvalue weighted by atomic mass is 16.3. The number of hydrogen-bond acceptors (Lipinski definition) is 2. The molecule has 116 valence electrons. The molecule has 0 aromatic heterocycles. The molecule has 2 aromatic rings. The first kappa shape index (κ1) is 15.3.